The summed E-state index contributed by atoms with van der Waals surface area (Å²) in [6.45, 7) is 0. The van der Waals surface area contributed by atoms with Crippen molar-refractivity contribution in [3.63, 3.8) is 0 Å². The molecule has 1 nitrogen and oxygen atoms in total. The predicted molar refractivity (Wildman–Crippen MR) is 137 cm³/mol. The third-order valence-corrected chi connectivity index (χ3v) is 16.0. The van der Waals surface area contributed by atoms with Crippen LogP contribution in [0.2, 0.25) is 0 Å². The Bertz CT molecular complexity index is 835. The van der Waals surface area contributed by atoms with Crippen molar-refractivity contribution in [2.24, 2.45) is 0 Å². The van der Waals surface area contributed by atoms with Gasteiger partial charge in [0, 0.05) is 0 Å². The molecule has 0 bridgehead atoms. The van der Waals surface area contributed by atoms with E-state index in [1.807, 2.05) is 0 Å². The molecule has 0 aromatic heterocycles. The van der Waals surface area contributed by atoms with Crippen molar-refractivity contribution in [1.82, 2.24) is 0 Å². The maximum absolute atomic E-state index is 8.70. The van der Waals surface area contributed by atoms with Crippen LogP contribution in [0.3, 0.4) is 0 Å². The molecule has 0 saturated heterocycles. The molecule has 0 fully saturated rings. The van der Waals surface area contributed by atoms with E-state index in [0.29, 0.717) is 6.42 Å². The van der Waals surface area contributed by atoms with Crippen LogP contribution >= 0.6 is 20.8 Å². The van der Waals surface area contributed by atoms with Crippen LogP contribution in [0.4, 0.5) is 0 Å². The van der Waals surface area contributed by atoms with Gasteiger partial charge in [-0.3, -0.25) is 0 Å². The first-order valence-electron chi connectivity index (χ1n) is 11.0. The van der Waals surface area contributed by atoms with Crippen molar-refractivity contribution in [3.05, 3.63) is 91.0 Å². The number of nitrogens with zero attached hydrogens (tertiary/aromatic N) is 1. The third kappa shape index (κ3) is 4.85. The average molecular weight is 480 g/mol. The average Bonchev–Trinajstić information content (AvgIpc) is 2.82. The van der Waals surface area contributed by atoms with Crippen molar-refractivity contribution in [3.8, 4) is 6.07 Å². The number of halogens is 1. The number of nitriles is 1. The summed E-state index contributed by atoms with van der Waals surface area (Å²) in [4.78, 5) is 0. The van der Waals surface area contributed by atoms with Gasteiger partial charge in [0.1, 0.15) is 0 Å². The molecule has 3 aromatic carbocycles. The van der Waals surface area contributed by atoms with Gasteiger partial charge in [0.05, 0.1) is 0 Å². The van der Waals surface area contributed by atoms with Crippen molar-refractivity contribution >= 4 is 36.7 Å². The number of hydrogen-bond acceptors (Lipinski definition) is 1. The molecular weight excluding hydrogens is 449 g/mol. The number of benzene rings is 3. The Morgan fingerprint density at radius 3 is 1.33 bits per heavy atom. The predicted octanol–water partition coefficient (Wildman–Crippen LogP) is 7.08. The summed E-state index contributed by atoms with van der Waals surface area (Å²) in [7, 11) is 0. The van der Waals surface area contributed by atoms with Crippen molar-refractivity contribution in [2.75, 3.05) is 6.16 Å². The number of unbranched alkanes of at least 4 members (excludes halogenated alkanes) is 6. The van der Waals surface area contributed by atoms with Gasteiger partial charge in [-0.25, -0.2) is 0 Å². The molecule has 0 aliphatic heterocycles. The Hall–Kier alpha value is -1.94. The summed E-state index contributed by atoms with van der Waals surface area (Å²) < 4.78 is 0. The minimum atomic E-state index is -2.75. The zero-order valence-electron chi connectivity index (χ0n) is 17.6. The monoisotopic (exact) mass is 479 g/mol. The molecule has 0 amide bonds. The molecule has 0 unspecified atom stereocenters. The van der Waals surface area contributed by atoms with Gasteiger partial charge < -0.3 is 0 Å². The fraction of sp³-hybridized carbons (Fsp3) is 0.296. The van der Waals surface area contributed by atoms with Gasteiger partial charge in [-0.15, -0.1) is 0 Å². The van der Waals surface area contributed by atoms with Crippen LogP contribution < -0.4 is 15.9 Å². The number of hydrogen-bond donors (Lipinski definition) is 0. The fourth-order valence-corrected chi connectivity index (χ4v) is 12.1. The van der Waals surface area contributed by atoms with E-state index in [4.69, 9.17) is 5.26 Å². The van der Waals surface area contributed by atoms with E-state index >= 15 is 0 Å². The van der Waals surface area contributed by atoms with E-state index in [2.05, 4.69) is 113 Å². The first-order chi connectivity index (χ1) is 14.7. The number of rotatable bonds is 11. The standard InChI is InChI=1S/C27H31BrNP/c28-30(25-17-9-6-10-18-25,26-19-11-7-12-20-26,27-21-13-8-14-22-27)24-16-5-3-1-2-4-15-23-29/h6-14,17-22H,1-5,15-16,24H2. The summed E-state index contributed by atoms with van der Waals surface area (Å²) in [5.74, 6) is 0. The summed E-state index contributed by atoms with van der Waals surface area (Å²) >= 11 is 4.52. The Morgan fingerprint density at radius 2 is 0.933 bits per heavy atom. The van der Waals surface area contributed by atoms with Crippen LogP contribution in [0.5, 0.6) is 0 Å². The van der Waals surface area contributed by atoms with Gasteiger partial charge in [-0.1, -0.05) is 0 Å². The molecule has 0 aliphatic carbocycles. The molecule has 0 aliphatic rings. The van der Waals surface area contributed by atoms with Gasteiger partial charge in [-0.2, -0.15) is 0 Å². The topological polar surface area (TPSA) is 23.8 Å². The van der Waals surface area contributed by atoms with E-state index in [-0.39, 0.29) is 0 Å². The van der Waals surface area contributed by atoms with E-state index in [1.165, 1.54) is 48.0 Å². The Labute approximate surface area is 189 Å². The minimum absolute atomic E-state index is 0.689. The molecule has 3 rings (SSSR count). The summed E-state index contributed by atoms with van der Waals surface area (Å²) in [5, 5.41) is 10.1. The fourth-order valence-electron chi connectivity index (χ4n) is 4.37. The summed E-state index contributed by atoms with van der Waals surface area (Å²) in [6.07, 6.45) is 8.87. The SMILES string of the molecule is N#CCCCCCCCCP(Br)(c1ccccc1)(c1ccccc1)c1ccccc1. The van der Waals surface area contributed by atoms with Gasteiger partial charge in [0.2, 0.25) is 0 Å². The second kappa shape index (κ2) is 10.9. The molecule has 3 aromatic rings. The first kappa shape index (κ1) is 22.7. The van der Waals surface area contributed by atoms with Gasteiger partial charge >= 0.3 is 190 Å². The summed E-state index contributed by atoms with van der Waals surface area (Å²) in [6, 6.07) is 35.4. The Morgan fingerprint density at radius 1 is 0.567 bits per heavy atom. The normalized spacial score (nSPS) is 12.6. The van der Waals surface area contributed by atoms with Crippen LogP contribution in [0.1, 0.15) is 44.9 Å². The third-order valence-electron chi connectivity index (χ3n) is 6.00. The second-order valence-electron chi connectivity index (χ2n) is 7.94. The van der Waals surface area contributed by atoms with Crippen LogP contribution in [-0.4, -0.2) is 6.16 Å². The van der Waals surface area contributed by atoms with E-state index in [0.717, 1.165) is 12.6 Å². The zero-order valence-corrected chi connectivity index (χ0v) is 20.1. The molecule has 0 spiro atoms. The zero-order chi connectivity index (χ0) is 21.1. The second-order valence-corrected chi connectivity index (χ2v) is 17.0. The molecule has 30 heavy (non-hydrogen) atoms. The first-order valence-corrected chi connectivity index (χ1v) is 15.4. The molecule has 3 heteroatoms. The van der Waals surface area contributed by atoms with E-state index < -0.39 is 5.31 Å². The van der Waals surface area contributed by atoms with E-state index in [9.17, 15) is 0 Å². The van der Waals surface area contributed by atoms with E-state index in [1.54, 1.807) is 0 Å². The van der Waals surface area contributed by atoms with Crippen molar-refractivity contribution < 1.29 is 0 Å². The van der Waals surface area contributed by atoms with Gasteiger partial charge in [-0.05, 0) is 0 Å². The van der Waals surface area contributed by atoms with Crippen LogP contribution in [-0.2, 0) is 0 Å². The molecule has 0 N–H and O–H groups in total. The molecule has 0 atom stereocenters. The van der Waals surface area contributed by atoms with Crippen molar-refractivity contribution in [1.29, 1.82) is 5.26 Å². The van der Waals surface area contributed by atoms with Gasteiger partial charge in [0.15, 0.2) is 0 Å². The molecule has 0 saturated carbocycles. The molecule has 156 valence electrons. The Balaban J connectivity index is 1.94. The molecular formula is C27H31BrNP. The van der Waals surface area contributed by atoms with Crippen LogP contribution in [0.25, 0.3) is 0 Å². The Kier molecular flexibility index (Phi) is 8.26. The van der Waals surface area contributed by atoms with Crippen LogP contribution in [0, 0.1) is 11.3 Å². The van der Waals surface area contributed by atoms with Gasteiger partial charge in [0.25, 0.3) is 0 Å². The van der Waals surface area contributed by atoms with Crippen molar-refractivity contribution in [2.45, 2.75) is 44.9 Å². The quantitative estimate of drug-likeness (QED) is 0.213. The maximum atomic E-state index is 8.70. The molecule has 0 radical (unpaired) electrons. The summed E-state index contributed by atoms with van der Waals surface area (Å²) in [5.41, 5.74) is 0. The molecule has 0 heterocycles. The van der Waals surface area contributed by atoms with Crippen LogP contribution in [0.15, 0.2) is 91.0 Å².